The van der Waals surface area contributed by atoms with Gasteiger partial charge in [-0.3, -0.25) is 0 Å². The zero-order valence-electron chi connectivity index (χ0n) is 9.84. The van der Waals surface area contributed by atoms with Crippen molar-refractivity contribution < 1.29 is 14.6 Å². The number of aliphatic hydroxyl groups is 1. The van der Waals surface area contributed by atoms with E-state index in [1.807, 2.05) is 0 Å². The quantitative estimate of drug-likeness (QED) is 0.794. The molecule has 0 fully saturated rings. The first kappa shape index (κ1) is 12.7. The molecule has 0 bridgehead atoms. The third-order valence-corrected chi connectivity index (χ3v) is 3.16. The van der Waals surface area contributed by atoms with Crippen LogP contribution in [0.15, 0.2) is 11.7 Å². The van der Waals surface area contributed by atoms with Crippen LogP contribution in [-0.2, 0) is 4.74 Å². The van der Waals surface area contributed by atoms with E-state index in [0.717, 1.165) is 0 Å². The van der Waals surface area contributed by atoms with E-state index in [1.165, 1.54) is 17.7 Å². The molecule has 0 saturated carbocycles. The number of carbonyl (C=O) groups excluding carboxylic acids is 1. The molecule has 0 aliphatic carbocycles. The van der Waals surface area contributed by atoms with E-state index in [9.17, 15) is 4.79 Å². The van der Waals surface area contributed by atoms with Crippen molar-refractivity contribution >= 4 is 33.3 Å². The standard InChI is InChI=1S/C11H13N3O3S/c1-2-17-11(16)7-5-18-10-8(7)9(12-3-4-15)13-6-14-10/h5-6,15H,2-4H2,1H3,(H,12,13,14). The molecule has 0 aliphatic rings. The number of hydrogen-bond acceptors (Lipinski definition) is 7. The molecule has 0 aliphatic heterocycles. The van der Waals surface area contributed by atoms with Crippen LogP contribution in [-0.4, -0.2) is 40.8 Å². The fraction of sp³-hybridized carbons (Fsp3) is 0.364. The van der Waals surface area contributed by atoms with Gasteiger partial charge in [-0.25, -0.2) is 14.8 Å². The highest BCUT2D eigenvalue weighted by Gasteiger charge is 2.17. The second kappa shape index (κ2) is 5.74. The van der Waals surface area contributed by atoms with E-state index >= 15 is 0 Å². The Balaban J connectivity index is 2.44. The molecule has 2 heterocycles. The van der Waals surface area contributed by atoms with Gasteiger partial charge < -0.3 is 15.2 Å². The molecule has 2 N–H and O–H groups in total. The Morgan fingerprint density at radius 2 is 2.39 bits per heavy atom. The summed E-state index contributed by atoms with van der Waals surface area (Å²) in [6.45, 7) is 2.44. The average Bonchev–Trinajstić information content (AvgIpc) is 2.81. The van der Waals surface area contributed by atoms with E-state index in [2.05, 4.69) is 15.3 Å². The van der Waals surface area contributed by atoms with Gasteiger partial charge >= 0.3 is 5.97 Å². The molecule has 2 rings (SSSR count). The monoisotopic (exact) mass is 267 g/mol. The third-order valence-electron chi connectivity index (χ3n) is 2.27. The highest BCUT2D eigenvalue weighted by atomic mass is 32.1. The minimum Gasteiger partial charge on any atom is -0.462 e. The van der Waals surface area contributed by atoms with Crippen molar-refractivity contribution in [2.75, 3.05) is 25.1 Å². The summed E-state index contributed by atoms with van der Waals surface area (Å²) in [4.78, 5) is 20.7. The van der Waals surface area contributed by atoms with Crippen LogP contribution >= 0.6 is 11.3 Å². The lowest BCUT2D eigenvalue weighted by Crippen LogP contribution is -2.09. The lowest BCUT2D eigenvalue weighted by Gasteiger charge is -2.06. The Morgan fingerprint density at radius 1 is 1.56 bits per heavy atom. The Morgan fingerprint density at radius 3 is 3.11 bits per heavy atom. The van der Waals surface area contributed by atoms with E-state index in [1.54, 1.807) is 12.3 Å². The summed E-state index contributed by atoms with van der Waals surface area (Å²) in [6, 6.07) is 0. The SMILES string of the molecule is CCOC(=O)c1csc2ncnc(NCCO)c12. The van der Waals surface area contributed by atoms with Crippen LogP contribution in [0.4, 0.5) is 5.82 Å². The van der Waals surface area contributed by atoms with Gasteiger partial charge in [-0.05, 0) is 6.92 Å². The molecule has 6 nitrogen and oxygen atoms in total. The third kappa shape index (κ3) is 2.41. The van der Waals surface area contributed by atoms with Gasteiger partial charge in [0, 0.05) is 11.9 Å². The van der Waals surface area contributed by atoms with E-state index in [4.69, 9.17) is 9.84 Å². The molecule has 0 atom stereocenters. The number of aromatic nitrogens is 2. The van der Waals surface area contributed by atoms with Crippen molar-refractivity contribution in [3.05, 3.63) is 17.3 Å². The first-order valence-corrected chi connectivity index (χ1v) is 6.40. The predicted molar refractivity (Wildman–Crippen MR) is 68.9 cm³/mol. The van der Waals surface area contributed by atoms with Gasteiger partial charge in [-0.15, -0.1) is 11.3 Å². The average molecular weight is 267 g/mol. The summed E-state index contributed by atoms with van der Waals surface area (Å²) in [5.41, 5.74) is 0.456. The van der Waals surface area contributed by atoms with Crippen molar-refractivity contribution in [1.82, 2.24) is 9.97 Å². The summed E-state index contributed by atoms with van der Waals surface area (Å²) in [5, 5.41) is 14.1. The molecule has 0 saturated heterocycles. The molecule has 2 aromatic rings. The number of nitrogens with one attached hydrogen (secondary N) is 1. The molecule has 0 spiro atoms. The van der Waals surface area contributed by atoms with Crippen LogP contribution in [0.1, 0.15) is 17.3 Å². The maximum atomic E-state index is 11.8. The number of ether oxygens (including phenoxy) is 1. The number of fused-ring (bicyclic) bond motifs is 1. The number of anilines is 1. The summed E-state index contributed by atoms with van der Waals surface area (Å²) >= 11 is 1.36. The largest absolute Gasteiger partial charge is 0.462 e. The van der Waals surface area contributed by atoms with Crippen LogP contribution in [0.25, 0.3) is 10.2 Å². The normalized spacial score (nSPS) is 10.6. The fourth-order valence-electron chi connectivity index (χ4n) is 1.54. The summed E-state index contributed by atoms with van der Waals surface area (Å²) in [7, 11) is 0. The van der Waals surface area contributed by atoms with Crippen molar-refractivity contribution in [3.8, 4) is 0 Å². The fourth-order valence-corrected chi connectivity index (χ4v) is 2.42. The molecule has 2 aromatic heterocycles. The molecular formula is C11H13N3O3S. The number of aliphatic hydroxyl groups excluding tert-OH is 1. The van der Waals surface area contributed by atoms with Gasteiger partial charge in [0.1, 0.15) is 17.0 Å². The first-order chi connectivity index (χ1) is 8.77. The Bertz CT molecular complexity index is 555. The van der Waals surface area contributed by atoms with Gasteiger partial charge in [0.15, 0.2) is 0 Å². The molecule has 7 heteroatoms. The number of carbonyl (C=O) groups is 1. The second-order valence-electron chi connectivity index (χ2n) is 3.42. The molecule has 18 heavy (non-hydrogen) atoms. The van der Waals surface area contributed by atoms with Crippen molar-refractivity contribution in [3.63, 3.8) is 0 Å². The van der Waals surface area contributed by atoms with Crippen LogP contribution < -0.4 is 5.32 Å². The Kier molecular flexibility index (Phi) is 4.06. The highest BCUT2D eigenvalue weighted by molar-refractivity contribution is 7.17. The van der Waals surface area contributed by atoms with Crippen LogP contribution in [0, 0.1) is 0 Å². The van der Waals surface area contributed by atoms with Crippen molar-refractivity contribution in [1.29, 1.82) is 0 Å². The maximum Gasteiger partial charge on any atom is 0.339 e. The molecular weight excluding hydrogens is 254 g/mol. The number of thiophene rings is 1. The molecule has 96 valence electrons. The number of nitrogens with zero attached hydrogens (tertiary/aromatic N) is 2. The van der Waals surface area contributed by atoms with Gasteiger partial charge in [0.25, 0.3) is 0 Å². The zero-order valence-corrected chi connectivity index (χ0v) is 10.7. The van der Waals surface area contributed by atoms with Crippen LogP contribution in [0.5, 0.6) is 0 Å². The Hall–Kier alpha value is -1.73. The number of esters is 1. The Labute approximate surface area is 108 Å². The summed E-state index contributed by atoms with van der Waals surface area (Å²) in [6.07, 6.45) is 1.42. The van der Waals surface area contributed by atoms with Gasteiger partial charge in [-0.1, -0.05) is 0 Å². The highest BCUT2D eigenvalue weighted by Crippen LogP contribution is 2.29. The summed E-state index contributed by atoms with van der Waals surface area (Å²) in [5.74, 6) is 0.156. The first-order valence-electron chi connectivity index (χ1n) is 5.52. The minimum atomic E-state index is -0.384. The predicted octanol–water partition coefficient (Wildman–Crippen LogP) is 1.27. The topological polar surface area (TPSA) is 84.3 Å². The van der Waals surface area contributed by atoms with Crippen molar-refractivity contribution in [2.45, 2.75) is 6.92 Å². The molecule has 0 radical (unpaired) electrons. The summed E-state index contributed by atoms with van der Waals surface area (Å²) < 4.78 is 4.99. The van der Waals surface area contributed by atoms with Crippen LogP contribution in [0.2, 0.25) is 0 Å². The minimum absolute atomic E-state index is 0.00955. The number of rotatable bonds is 5. The second-order valence-corrected chi connectivity index (χ2v) is 4.28. The van der Waals surface area contributed by atoms with Gasteiger partial charge in [0.2, 0.25) is 0 Å². The van der Waals surface area contributed by atoms with E-state index in [-0.39, 0.29) is 12.6 Å². The number of hydrogen-bond donors (Lipinski definition) is 2. The van der Waals surface area contributed by atoms with Crippen molar-refractivity contribution in [2.24, 2.45) is 0 Å². The molecule has 0 aromatic carbocycles. The molecule has 0 amide bonds. The zero-order chi connectivity index (χ0) is 13.0. The lowest BCUT2D eigenvalue weighted by molar-refractivity contribution is 0.0529. The smallest absolute Gasteiger partial charge is 0.339 e. The van der Waals surface area contributed by atoms with Crippen LogP contribution in [0.3, 0.4) is 0 Å². The maximum absolute atomic E-state index is 11.8. The van der Waals surface area contributed by atoms with Gasteiger partial charge in [0.05, 0.1) is 24.2 Å². The molecule has 0 unspecified atom stereocenters. The van der Waals surface area contributed by atoms with E-state index < -0.39 is 0 Å². The van der Waals surface area contributed by atoms with Gasteiger partial charge in [-0.2, -0.15) is 0 Å². The van der Waals surface area contributed by atoms with E-state index in [0.29, 0.717) is 34.7 Å². The lowest BCUT2D eigenvalue weighted by atomic mass is 10.2.